The summed E-state index contributed by atoms with van der Waals surface area (Å²) in [7, 11) is 0. The van der Waals surface area contributed by atoms with Crippen LogP contribution in [0.4, 0.5) is 18.9 Å². The van der Waals surface area contributed by atoms with Gasteiger partial charge in [-0.1, -0.05) is 24.3 Å². The molecule has 6 heteroatoms. The van der Waals surface area contributed by atoms with Crippen LogP contribution < -0.4 is 9.64 Å². The van der Waals surface area contributed by atoms with E-state index in [9.17, 15) is 18.0 Å². The van der Waals surface area contributed by atoms with E-state index in [1.807, 2.05) is 0 Å². The first-order valence-electron chi connectivity index (χ1n) is 6.20. The van der Waals surface area contributed by atoms with Crippen LogP contribution in [0.25, 0.3) is 0 Å². The van der Waals surface area contributed by atoms with Gasteiger partial charge >= 0.3 is 12.0 Å². The van der Waals surface area contributed by atoms with Crippen LogP contribution in [0.1, 0.15) is 5.56 Å². The first kappa shape index (κ1) is 13.5. The fraction of sp³-hybridized carbons (Fsp3) is 0.133. The van der Waals surface area contributed by atoms with Crippen molar-refractivity contribution in [3.8, 4) is 5.75 Å². The van der Waals surface area contributed by atoms with Crippen LogP contribution in [-0.2, 0) is 11.3 Å². The summed E-state index contributed by atoms with van der Waals surface area (Å²) in [5.74, 6) is -2.04. The summed E-state index contributed by atoms with van der Waals surface area (Å²) in [5, 5.41) is 0. The van der Waals surface area contributed by atoms with Gasteiger partial charge in [0.2, 0.25) is 0 Å². The minimum atomic E-state index is -3.93. The number of para-hydroxylation sites is 2. The van der Waals surface area contributed by atoms with E-state index in [2.05, 4.69) is 4.74 Å². The Bertz CT molecular complexity index is 703. The number of nitrogens with zero attached hydrogens (tertiary/aromatic N) is 1. The normalized spacial score (nSPS) is 16.3. The number of ether oxygens (including phenoxy) is 1. The molecule has 0 saturated carbocycles. The number of anilines is 1. The highest BCUT2D eigenvalue weighted by Gasteiger charge is 2.50. The lowest BCUT2D eigenvalue weighted by Gasteiger charge is -2.33. The van der Waals surface area contributed by atoms with Crippen LogP contribution in [-0.4, -0.2) is 12.0 Å². The molecule has 0 aliphatic carbocycles. The molecule has 2 aromatic carbocycles. The van der Waals surface area contributed by atoms with Gasteiger partial charge in [0.1, 0.15) is 5.82 Å². The molecule has 0 saturated heterocycles. The molecule has 3 rings (SSSR count). The Morgan fingerprint density at radius 2 is 1.86 bits per heavy atom. The maximum Gasteiger partial charge on any atom is 0.482 e. The molecule has 0 spiro atoms. The maximum atomic E-state index is 13.6. The Morgan fingerprint density at radius 3 is 2.62 bits per heavy atom. The molecule has 3 nitrogen and oxygen atoms in total. The Hall–Kier alpha value is -2.50. The second kappa shape index (κ2) is 4.80. The predicted octanol–water partition coefficient (Wildman–Crippen LogP) is 3.34. The second-order valence-electron chi connectivity index (χ2n) is 4.61. The van der Waals surface area contributed by atoms with E-state index in [0.29, 0.717) is 5.56 Å². The van der Waals surface area contributed by atoms with Crippen LogP contribution in [0.15, 0.2) is 48.5 Å². The molecule has 0 radical (unpaired) electrons. The van der Waals surface area contributed by atoms with Crippen molar-refractivity contribution in [1.82, 2.24) is 0 Å². The SMILES string of the molecule is O=C1N(Cc2cccc(F)c2)c2ccccc2OC1(F)F. The first-order chi connectivity index (χ1) is 9.97. The lowest BCUT2D eigenvalue weighted by atomic mass is 10.1. The molecule has 0 aromatic heterocycles. The Labute approximate surface area is 118 Å². The van der Waals surface area contributed by atoms with E-state index in [-0.39, 0.29) is 18.0 Å². The zero-order chi connectivity index (χ0) is 15.0. The fourth-order valence-corrected chi connectivity index (χ4v) is 2.19. The van der Waals surface area contributed by atoms with Crippen LogP contribution >= 0.6 is 0 Å². The first-order valence-corrected chi connectivity index (χ1v) is 6.20. The summed E-state index contributed by atoms with van der Waals surface area (Å²) in [6.07, 6.45) is -3.93. The van der Waals surface area contributed by atoms with E-state index in [1.165, 1.54) is 36.4 Å². The summed E-state index contributed by atoms with van der Waals surface area (Å²) < 4.78 is 44.9. The zero-order valence-electron chi connectivity index (χ0n) is 10.7. The average Bonchev–Trinajstić information content (AvgIpc) is 2.43. The summed E-state index contributed by atoms with van der Waals surface area (Å²) in [5.41, 5.74) is 0.647. The third-order valence-electron chi connectivity index (χ3n) is 3.12. The number of alkyl halides is 2. The van der Waals surface area contributed by atoms with Crippen molar-refractivity contribution in [3.63, 3.8) is 0 Å². The Kier molecular flexibility index (Phi) is 3.08. The highest BCUT2D eigenvalue weighted by Crippen LogP contribution is 2.39. The lowest BCUT2D eigenvalue weighted by Crippen LogP contribution is -2.50. The van der Waals surface area contributed by atoms with Gasteiger partial charge in [-0.3, -0.25) is 9.69 Å². The topological polar surface area (TPSA) is 29.5 Å². The van der Waals surface area contributed by atoms with Gasteiger partial charge in [-0.15, -0.1) is 0 Å². The number of hydrogen-bond acceptors (Lipinski definition) is 2. The highest BCUT2D eigenvalue weighted by atomic mass is 19.3. The smallest absolute Gasteiger partial charge is 0.423 e. The van der Waals surface area contributed by atoms with Crippen LogP contribution in [0, 0.1) is 5.82 Å². The summed E-state index contributed by atoms with van der Waals surface area (Å²) in [6.45, 7) is -0.160. The number of carbonyl (C=O) groups excluding carboxylic acids is 1. The zero-order valence-corrected chi connectivity index (χ0v) is 10.7. The molecule has 2 aromatic rings. The number of halogens is 3. The molecule has 1 heterocycles. The molecule has 21 heavy (non-hydrogen) atoms. The second-order valence-corrected chi connectivity index (χ2v) is 4.61. The van der Waals surface area contributed by atoms with Crippen LogP contribution in [0.2, 0.25) is 0 Å². The van der Waals surface area contributed by atoms with Gasteiger partial charge in [0.25, 0.3) is 0 Å². The molecule has 0 atom stereocenters. The monoisotopic (exact) mass is 293 g/mol. The number of benzene rings is 2. The molecule has 1 aliphatic heterocycles. The quantitative estimate of drug-likeness (QED) is 0.850. The number of carbonyl (C=O) groups is 1. The molecule has 0 fully saturated rings. The molecule has 1 amide bonds. The number of rotatable bonds is 2. The molecule has 0 bridgehead atoms. The van der Waals surface area contributed by atoms with Gasteiger partial charge in [-0.2, -0.15) is 8.78 Å². The summed E-state index contributed by atoms with van der Waals surface area (Å²) >= 11 is 0. The average molecular weight is 293 g/mol. The standard InChI is InChI=1S/C15H10F3NO2/c16-11-5-3-4-10(8-11)9-19-12-6-1-2-7-13(12)21-15(17,18)14(19)20/h1-8H,9H2. The van der Waals surface area contributed by atoms with E-state index in [1.54, 1.807) is 12.1 Å². The maximum absolute atomic E-state index is 13.6. The van der Waals surface area contributed by atoms with Gasteiger partial charge in [0.15, 0.2) is 5.75 Å². The van der Waals surface area contributed by atoms with Crippen molar-refractivity contribution in [2.75, 3.05) is 4.90 Å². The lowest BCUT2D eigenvalue weighted by molar-refractivity contribution is -0.193. The van der Waals surface area contributed by atoms with E-state index in [4.69, 9.17) is 0 Å². The van der Waals surface area contributed by atoms with Gasteiger partial charge in [-0.05, 0) is 29.8 Å². The van der Waals surface area contributed by atoms with Crippen molar-refractivity contribution in [1.29, 1.82) is 0 Å². The molecular formula is C15H10F3NO2. The van der Waals surface area contributed by atoms with Gasteiger partial charge in [0.05, 0.1) is 12.2 Å². The number of amides is 1. The van der Waals surface area contributed by atoms with Gasteiger partial charge in [-0.25, -0.2) is 4.39 Å². The molecule has 0 unspecified atom stereocenters. The van der Waals surface area contributed by atoms with Crippen molar-refractivity contribution in [3.05, 3.63) is 59.9 Å². The third kappa shape index (κ3) is 2.44. The third-order valence-corrected chi connectivity index (χ3v) is 3.12. The molecular weight excluding hydrogens is 283 g/mol. The van der Waals surface area contributed by atoms with Crippen molar-refractivity contribution < 1.29 is 22.7 Å². The van der Waals surface area contributed by atoms with E-state index in [0.717, 1.165) is 4.90 Å². The van der Waals surface area contributed by atoms with Gasteiger partial charge < -0.3 is 4.74 Å². The molecule has 108 valence electrons. The summed E-state index contributed by atoms with van der Waals surface area (Å²) in [4.78, 5) is 12.8. The Morgan fingerprint density at radius 1 is 1.10 bits per heavy atom. The van der Waals surface area contributed by atoms with E-state index >= 15 is 0 Å². The number of fused-ring (bicyclic) bond motifs is 1. The fourth-order valence-electron chi connectivity index (χ4n) is 2.19. The van der Waals surface area contributed by atoms with Gasteiger partial charge in [0, 0.05) is 0 Å². The van der Waals surface area contributed by atoms with Crippen molar-refractivity contribution >= 4 is 11.6 Å². The molecule has 1 aliphatic rings. The van der Waals surface area contributed by atoms with Crippen LogP contribution in [0.5, 0.6) is 5.75 Å². The highest BCUT2D eigenvalue weighted by molar-refractivity contribution is 6.00. The predicted molar refractivity (Wildman–Crippen MR) is 69.6 cm³/mol. The largest absolute Gasteiger partial charge is 0.482 e. The minimum absolute atomic E-state index is 0.0847. The minimum Gasteiger partial charge on any atom is -0.423 e. The van der Waals surface area contributed by atoms with E-state index < -0.39 is 17.8 Å². The van der Waals surface area contributed by atoms with Crippen LogP contribution in [0.3, 0.4) is 0 Å². The molecule has 0 N–H and O–H groups in total. The Balaban J connectivity index is 2.01. The van der Waals surface area contributed by atoms with Crippen molar-refractivity contribution in [2.45, 2.75) is 12.7 Å². The van der Waals surface area contributed by atoms with Crippen molar-refractivity contribution in [2.24, 2.45) is 0 Å². The number of hydrogen-bond donors (Lipinski definition) is 0. The summed E-state index contributed by atoms with van der Waals surface area (Å²) in [6, 6.07) is 11.5.